The van der Waals surface area contributed by atoms with E-state index < -0.39 is 6.29 Å². The van der Waals surface area contributed by atoms with E-state index in [0.29, 0.717) is 19.1 Å². The fourth-order valence-corrected chi connectivity index (χ4v) is 3.06. The number of aliphatic hydroxyl groups excluding tert-OH is 1. The van der Waals surface area contributed by atoms with Crippen molar-refractivity contribution in [1.82, 2.24) is 0 Å². The van der Waals surface area contributed by atoms with E-state index in [-0.39, 0.29) is 5.92 Å². The van der Waals surface area contributed by atoms with Gasteiger partial charge in [0.1, 0.15) is 5.76 Å². The summed E-state index contributed by atoms with van der Waals surface area (Å²) in [5.41, 5.74) is 5.36. The molecule has 0 saturated carbocycles. The summed E-state index contributed by atoms with van der Waals surface area (Å²) >= 11 is 0. The van der Waals surface area contributed by atoms with Crippen LogP contribution in [0.5, 0.6) is 0 Å². The van der Waals surface area contributed by atoms with Gasteiger partial charge in [0.2, 0.25) is 0 Å². The van der Waals surface area contributed by atoms with Crippen molar-refractivity contribution in [2.24, 2.45) is 11.8 Å². The topological polar surface area (TPSA) is 38.7 Å². The highest BCUT2D eigenvalue weighted by Gasteiger charge is 2.41. The number of aliphatic hydroxyl groups is 1. The van der Waals surface area contributed by atoms with E-state index in [2.05, 4.69) is 26.8 Å². The van der Waals surface area contributed by atoms with Gasteiger partial charge in [-0.3, -0.25) is 0 Å². The molecule has 0 radical (unpaired) electrons. The molecule has 0 aliphatic heterocycles. The van der Waals surface area contributed by atoms with Crippen LogP contribution in [0.3, 0.4) is 0 Å². The summed E-state index contributed by atoms with van der Waals surface area (Å²) in [4.78, 5) is 0. The predicted octanol–water partition coefficient (Wildman–Crippen LogP) is 3.73. The van der Waals surface area contributed by atoms with E-state index in [4.69, 9.17) is 9.47 Å². The molecular weight excluding hydrogens is 264 g/mol. The van der Waals surface area contributed by atoms with Gasteiger partial charge in [0, 0.05) is 6.61 Å². The van der Waals surface area contributed by atoms with Gasteiger partial charge in [-0.05, 0) is 51.3 Å². The Morgan fingerprint density at radius 2 is 2.05 bits per heavy atom. The molecule has 0 aromatic carbocycles. The number of allylic oxidation sites excluding steroid dienone is 5. The fourth-order valence-electron chi connectivity index (χ4n) is 3.06. The van der Waals surface area contributed by atoms with E-state index in [9.17, 15) is 5.11 Å². The molecule has 21 heavy (non-hydrogen) atoms. The van der Waals surface area contributed by atoms with Crippen LogP contribution in [0.25, 0.3) is 0 Å². The number of rotatable bonds is 7. The molecular formula is C18H26O3. The summed E-state index contributed by atoms with van der Waals surface area (Å²) < 4.78 is 11.3. The van der Waals surface area contributed by atoms with Crippen molar-refractivity contribution in [2.75, 3.05) is 13.2 Å². The van der Waals surface area contributed by atoms with Crippen molar-refractivity contribution in [1.29, 1.82) is 0 Å². The molecule has 2 aliphatic rings. The molecule has 3 unspecified atom stereocenters. The first-order valence-electron chi connectivity index (χ1n) is 7.66. The Hall–Kier alpha value is -1.32. The summed E-state index contributed by atoms with van der Waals surface area (Å²) in [6.07, 6.45) is 5.23. The zero-order valence-electron chi connectivity index (χ0n) is 13.6. The smallest absolute Gasteiger partial charge is 0.164 e. The highest BCUT2D eigenvalue weighted by Crippen LogP contribution is 2.52. The second-order valence-electron chi connectivity index (χ2n) is 5.75. The van der Waals surface area contributed by atoms with Crippen molar-refractivity contribution in [3.63, 3.8) is 0 Å². The predicted molar refractivity (Wildman–Crippen MR) is 84.5 cm³/mol. The minimum Gasteiger partial charge on any atom is -0.496 e. The van der Waals surface area contributed by atoms with Gasteiger partial charge in [-0.2, -0.15) is 0 Å². The molecule has 116 valence electrons. The molecule has 0 amide bonds. The van der Waals surface area contributed by atoms with Gasteiger partial charge in [0.25, 0.3) is 0 Å². The molecule has 0 fully saturated rings. The normalized spacial score (nSPS) is 24.1. The molecule has 0 heterocycles. The number of ether oxygens (including phenoxy) is 2. The molecule has 0 spiro atoms. The zero-order valence-corrected chi connectivity index (χ0v) is 13.6. The lowest BCUT2D eigenvalue weighted by atomic mass is 9.99. The molecule has 0 aromatic rings. The van der Waals surface area contributed by atoms with Crippen LogP contribution in [-0.4, -0.2) is 24.6 Å². The van der Waals surface area contributed by atoms with E-state index in [0.717, 1.165) is 5.76 Å². The first-order valence-corrected chi connectivity index (χ1v) is 7.66. The van der Waals surface area contributed by atoms with Crippen LogP contribution in [-0.2, 0) is 9.47 Å². The summed E-state index contributed by atoms with van der Waals surface area (Å²) in [5.74, 6) is 1.25. The maximum atomic E-state index is 10.0. The molecule has 2 rings (SSSR count). The lowest BCUT2D eigenvalue weighted by Gasteiger charge is -2.23. The maximum Gasteiger partial charge on any atom is 0.164 e. The Kier molecular flexibility index (Phi) is 5.07. The Bertz CT molecular complexity index is 523. The molecule has 3 atom stereocenters. The first kappa shape index (κ1) is 16.1. The first-order chi connectivity index (χ1) is 10.0. The standard InChI is InChI=1S/C18H26O3/c1-6-8-14(18(19)20-7-2)10-21-17-12(4)9-11(3)15-13(5)16(15)17/h6,8-9,14,16,18-19H,7,10H2,1-5H3/b8-6-. The van der Waals surface area contributed by atoms with Crippen LogP contribution in [0, 0.1) is 11.8 Å². The van der Waals surface area contributed by atoms with Gasteiger partial charge in [0.15, 0.2) is 6.29 Å². The summed E-state index contributed by atoms with van der Waals surface area (Å²) in [5, 5.41) is 10.0. The van der Waals surface area contributed by atoms with Crippen molar-refractivity contribution < 1.29 is 14.6 Å². The van der Waals surface area contributed by atoms with Crippen LogP contribution in [0.4, 0.5) is 0 Å². The molecule has 3 nitrogen and oxygen atoms in total. The van der Waals surface area contributed by atoms with Gasteiger partial charge < -0.3 is 14.6 Å². The highest BCUT2D eigenvalue weighted by molar-refractivity contribution is 5.62. The van der Waals surface area contributed by atoms with E-state index in [1.54, 1.807) is 0 Å². The van der Waals surface area contributed by atoms with Crippen molar-refractivity contribution >= 4 is 0 Å². The van der Waals surface area contributed by atoms with Crippen LogP contribution >= 0.6 is 0 Å². The molecule has 0 bridgehead atoms. The molecule has 2 aliphatic carbocycles. The van der Waals surface area contributed by atoms with Crippen LogP contribution < -0.4 is 0 Å². The van der Waals surface area contributed by atoms with E-state index in [1.165, 1.54) is 22.3 Å². The summed E-state index contributed by atoms with van der Waals surface area (Å²) in [6.45, 7) is 11.1. The molecule has 1 N–H and O–H groups in total. The minimum absolute atomic E-state index is 0.148. The molecule has 0 saturated heterocycles. The maximum absolute atomic E-state index is 10.0. The van der Waals surface area contributed by atoms with Gasteiger partial charge in [-0.1, -0.05) is 23.8 Å². The van der Waals surface area contributed by atoms with Crippen molar-refractivity contribution in [3.8, 4) is 0 Å². The quantitative estimate of drug-likeness (QED) is 0.573. The highest BCUT2D eigenvalue weighted by atomic mass is 16.6. The SMILES string of the molecule is C/C=C\C(COC1=C(C)C=C(C)C2=C(C)C12)C(O)OCC. The van der Waals surface area contributed by atoms with E-state index in [1.807, 2.05) is 26.0 Å². The van der Waals surface area contributed by atoms with Crippen LogP contribution in [0.2, 0.25) is 0 Å². The van der Waals surface area contributed by atoms with Crippen LogP contribution in [0.15, 0.2) is 46.3 Å². The van der Waals surface area contributed by atoms with Gasteiger partial charge in [-0.15, -0.1) is 0 Å². The second kappa shape index (κ2) is 6.63. The molecule has 0 aromatic heterocycles. The number of hydrogen-bond donors (Lipinski definition) is 1. The zero-order chi connectivity index (χ0) is 15.6. The Labute approximate surface area is 127 Å². The average Bonchev–Trinajstić information content (AvgIpc) is 3.09. The lowest BCUT2D eigenvalue weighted by molar-refractivity contribution is -0.129. The Morgan fingerprint density at radius 1 is 1.33 bits per heavy atom. The minimum atomic E-state index is -0.819. The molecule has 3 heteroatoms. The van der Waals surface area contributed by atoms with Gasteiger partial charge in [0.05, 0.1) is 18.4 Å². The van der Waals surface area contributed by atoms with Crippen LogP contribution in [0.1, 0.15) is 34.6 Å². The summed E-state index contributed by atoms with van der Waals surface area (Å²) in [6, 6.07) is 0. The monoisotopic (exact) mass is 290 g/mol. The third-order valence-corrected chi connectivity index (χ3v) is 4.15. The summed E-state index contributed by atoms with van der Waals surface area (Å²) in [7, 11) is 0. The van der Waals surface area contributed by atoms with Gasteiger partial charge in [-0.25, -0.2) is 0 Å². The second-order valence-corrected chi connectivity index (χ2v) is 5.75. The number of fused-ring (bicyclic) bond motifs is 1. The van der Waals surface area contributed by atoms with E-state index >= 15 is 0 Å². The lowest BCUT2D eigenvalue weighted by Crippen LogP contribution is -2.26. The third-order valence-electron chi connectivity index (χ3n) is 4.15. The fraction of sp³-hybridized carbons (Fsp3) is 0.556. The Morgan fingerprint density at radius 3 is 2.67 bits per heavy atom. The van der Waals surface area contributed by atoms with Crippen molar-refractivity contribution in [3.05, 3.63) is 46.3 Å². The Balaban J connectivity index is 2.03. The number of hydrogen-bond acceptors (Lipinski definition) is 3. The largest absolute Gasteiger partial charge is 0.496 e. The van der Waals surface area contributed by atoms with Crippen molar-refractivity contribution in [2.45, 2.75) is 40.9 Å². The third kappa shape index (κ3) is 3.30. The average molecular weight is 290 g/mol. The van der Waals surface area contributed by atoms with Gasteiger partial charge >= 0.3 is 0 Å².